The smallest absolute Gasteiger partial charge is 0.317 e. The van der Waals surface area contributed by atoms with Crippen LogP contribution in [0.25, 0.3) is 10.8 Å². The fraction of sp³-hybridized carbons (Fsp3) is 0.261. The van der Waals surface area contributed by atoms with E-state index in [2.05, 4.69) is 14.6 Å². The number of sulfonamides is 1. The Bertz CT molecular complexity index is 1340. The summed E-state index contributed by atoms with van der Waals surface area (Å²) in [4.78, 5) is 33.6. The minimum absolute atomic E-state index is 0.0281. The highest BCUT2D eigenvalue weighted by atomic mass is 32.2. The van der Waals surface area contributed by atoms with E-state index in [1.807, 2.05) is 37.2 Å². The van der Waals surface area contributed by atoms with Gasteiger partial charge in [-0.15, -0.1) is 0 Å². The molecular weight excluding hydrogens is 493 g/mol. The van der Waals surface area contributed by atoms with Crippen LogP contribution < -0.4 is 24.4 Å². The lowest BCUT2D eigenvalue weighted by Gasteiger charge is -2.17. The molecule has 0 saturated heterocycles. The van der Waals surface area contributed by atoms with Crippen molar-refractivity contribution in [3.05, 3.63) is 66.2 Å². The summed E-state index contributed by atoms with van der Waals surface area (Å²) in [5.41, 5.74) is 1.67. The first-order chi connectivity index (χ1) is 16.5. The summed E-state index contributed by atoms with van der Waals surface area (Å²) in [6, 6.07) is 16.5. The fourth-order valence-electron chi connectivity index (χ4n) is 3.55. The van der Waals surface area contributed by atoms with Gasteiger partial charge in [0.1, 0.15) is 5.75 Å². The summed E-state index contributed by atoms with van der Waals surface area (Å²) in [6.07, 6.45) is 0.542. The van der Waals surface area contributed by atoms with Crippen LogP contribution in [0.1, 0.15) is 12.0 Å². The van der Waals surface area contributed by atoms with Crippen molar-refractivity contribution >= 4 is 40.2 Å². The number of benzene rings is 3. The van der Waals surface area contributed by atoms with Crippen LogP contribution in [0.2, 0.25) is 0 Å². The molecule has 1 atom stereocenters. The normalized spacial score (nSPS) is 13.3. The number of carbonyl (C=O) groups excluding carboxylic acids is 1. The lowest BCUT2D eigenvalue weighted by Crippen LogP contribution is -2.34. The quantitative estimate of drug-likeness (QED) is 0.256. The fourth-order valence-corrected chi connectivity index (χ4v) is 5.19. The molecule has 0 bridgehead atoms. The number of hydrogen-bond donors (Lipinski definition) is 3. The second-order valence-corrected chi connectivity index (χ2v) is 10.8. The third kappa shape index (κ3) is 7.51. The van der Waals surface area contributed by atoms with Gasteiger partial charge in [-0.05, 0) is 36.2 Å². The van der Waals surface area contributed by atoms with E-state index < -0.39 is 17.8 Å². The molecular formula is C23H27N3O7PS-. The molecule has 0 aromatic heterocycles. The second-order valence-electron chi connectivity index (χ2n) is 7.97. The predicted octanol–water partition coefficient (Wildman–Crippen LogP) is 1.77. The number of phosphoric ester groups is 1. The maximum atomic E-state index is 12.9. The van der Waals surface area contributed by atoms with Crippen LogP contribution in [0.5, 0.6) is 5.75 Å². The van der Waals surface area contributed by atoms with Gasteiger partial charge in [-0.2, -0.15) is 0 Å². The molecule has 188 valence electrons. The summed E-state index contributed by atoms with van der Waals surface area (Å²) in [5, 5.41) is 4.11. The zero-order chi connectivity index (χ0) is 25.6. The second kappa shape index (κ2) is 11.2. The average molecular weight is 521 g/mol. The molecule has 0 aliphatic rings. The maximum absolute atomic E-state index is 12.9. The highest BCUT2D eigenvalue weighted by Gasteiger charge is 2.18. The number of rotatable bonds is 11. The molecule has 0 aliphatic heterocycles. The molecule has 0 spiro atoms. The van der Waals surface area contributed by atoms with Crippen molar-refractivity contribution in [2.45, 2.75) is 17.7 Å². The van der Waals surface area contributed by atoms with E-state index in [0.29, 0.717) is 11.8 Å². The van der Waals surface area contributed by atoms with E-state index in [1.165, 1.54) is 12.1 Å². The van der Waals surface area contributed by atoms with E-state index >= 15 is 0 Å². The number of phosphoric acid groups is 1. The Labute approximate surface area is 204 Å². The van der Waals surface area contributed by atoms with Crippen molar-refractivity contribution in [1.29, 1.82) is 0 Å². The SMILES string of the molecule is CN(C)c1cccc2c(S(=O)(=O)NCCNC(=O)CCc3ccc(OP(=O)([O-])O)cc3)cccc12. The van der Waals surface area contributed by atoms with Gasteiger partial charge < -0.3 is 24.5 Å². The number of anilines is 1. The van der Waals surface area contributed by atoms with Gasteiger partial charge in [-0.3, -0.25) is 9.36 Å². The summed E-state index contributed by atoms with van der Waals surface area (Å²) >= 11 is 0. The summed E-state index contributed by atoms with van der Waals surface area (Å²) in [5.74, 6) is -0.292. The summed E-state index contributed by atoms with van der Waals surface area (Å²) in [6.45, 7) is 0.147. The maximum Gasteiger partial charge on any atom is 0.317 e. The van der Waals surface area contributed by atoms with Crippen molar-refractivity contribution in [2.24, 2.45) is 0 Å². The third-order valence-electron chi connectivity index (χ3n) is 5.15. The van der Waals surface area contributed by atoms with Gasteiger partial charge in [0.15, 0.2) is 0 Å². The highest BCUT2D eigenvalue weighted by Crippen LogP contribution is 2.33. The highest BCUT2D eigenvalue weighted by molar-refractivity contribution is 7.89. The molecule has 0 aliphatic carbocycles. The van der Waals surface area contributed by atoms with E-state index in [9.17, 15) is 22.7 Å². The molecule has 0 fully saturated rings. The number of amides is 1. The molecule has 0 heterocycles. The Balaban J connectivity index is 1.50. The molecule has 3 aromatic carbocycles. The zero-order valence-electron chi connectivity index (χ0n) is 19.3. The van der Waals surface area contributed by atoms with Gasteiger partial charge in [0.05, 0.1) is 4.90 Å². The molecule has 12 heteroatoms. The minimum Gasteiger partial charge on any atom is -0.746 e. The zero-order valence-corrected chi connectivity index (χ0v) is 21.0. The number of hydrogen-bond acceptors (Lipinski definition) is 7. The minimum atomic E-state index is -4.86. The van der Waals surface area contributed by atoms with Crippen molar-refractivity contribution in [3.8, 4) is 5.75 Å². The van der Waals surface area contributed by atoms with Crippen LogP contribution in [0.4, 0.5) is 5.69 Å². The molecule has 3 aromatic rings. The largest absolute Gasteiger partial charge is 0.746 e. The van der Waals surface area contributed by atoms with E-state index in [1.54, 1.807) is 30.3 Å². The van der Waals surface area contributed by atoms with Crippen LogP contribution >= 0.6 is 7.82 Å². The van der Waals surface area contributed by atoms with Crippen LogP contribution in [0, 0.1) is 0 Å². The van der Waals surface area contributed by atoms with Gasteiger partial charge >= 0.3 is 7.82 Å². The lowest BCUT2D eigenvalue weighted by molar-refractivity contribution is -0.211. The monoisotopic (exact) mass is 520 g/mol. The Morgan fingerprint density at radius 3 is 2.34 bits per heavy atom. The van der Waals surface area contributed by atoms with Gasteiger partial charge in [-0.25, -0.2) is 13.1 Å². The van der Waals surface area contributed by atoms with E-state index in [4.69, 9.17) is 4.89 Å². The first-order valence-corrected chi connectivity index (χ1v) is 13.7. The number of nitrogens with zero attached hydrogens (tertiary/aromatic N) is 1. The van der Waals surface area contributed by atoms with E-state index in [0.717, 1.165) is 16.6 Å². The van der Waals surface area contributed by atoms with E-state index in [-0.39, 0.29) is 36.1 Å². The van der Waals surface area contributed by atoms with Crippen LogP contribution in [-0.4, -0.2) is 46.4 Å². The first-order valence-electron chi connectivity index (χ1n) is 10.7. The van der Waals surface area contributed by atoms with Gasteiger partial charge in [0, 0.05) is 50.1 Å². The van der Waals surface area contributed by atoms with Gasteiger partial charge in [0.25, 0.3) is 0 Å². The molecule has 3 N–H and O–H groups in total. The number of carbonyl (C=O) groups is 1. The molecule has 10 nitrogen and oxygen atoms in total. The number of fused-ring (bicyclic) bond motifs is 1. The molecule has 1 unspecified atom stereocenters. The summed E-state index contributed by atoms with van der Waals surface area (Å²) in [7, 11) is -4.87. The average Bonchev–Trinajstić information content (AvgIpc) is 2.79. The third-order valence-corrected chi connectivity index (χ3v) is 7.12. The topological polar surface area (TPSA) is 148 Å². The number of aryl methyl sites for hydroxylation is 1. The Morgan fingerprint density at radius 2 is 1.69 bits per heavy atom. The molecule has 3 rings (SSSR count). The van der Waals surface area contributed by atoms with Crippen molar-refractivity contribution in [1.82, 2.24) is 10.0 Å². The Morgan fingerprint density at radius 1 is 1.03 bits per heavy atom. The predicted molar refractivity (Wildman–Crippen MR) is 132 cm³/mol. The standard InChI is InChI=1S/C23H28N3O7PS/c1-26(2)21-7-3-6-20-19(21)5-4-8-22(20)35(31,32)25-16-15-24-23(27)14-11-17-9-12-18(13-10-17)33-34(28,29)30/h3-10,12-13,25H,11,14-16H2,1-2H3,(H,24,27)(H2,28,29,30)/p-1. The molecule has 1 amide bonds. The molecule has 0 saturated carbocycles. The first kappa shape index (κ1) is 26.7. The molecule has 35 heavy (non-hydrogen) atoms. The van der Waals surface area contributed by atoms with Gasteiger partial charge in [0.2, 0.25) is 15.9 Å². The Kier molecular flexibility index (Phi) is 8.52. The van der Waals surface area contributed by atoms with Crippen molar-refractivity contribution < 1.29 is 32.1 Å². The van der Waals surface area contributed by atoms with Crippen LogP contribution in [-0.2, 0) is 25.8 Å². The van der Waals surface area contributed by atoms with Crippen molar-refractivity contribution in [3.63, 3.8) is 0 Å². The Hall–Kier alpha value is -2.95. The number of nitrogens with one attached hydrogen (secondary N) is 2. The molecule has 0 radical (unpaired) electrons. The van der Waals surface area contributed by atoms with Crippen LogP contribution in [0.15, 0.2) is 65.6 Å². The summed E-state index contributed by atoms with van der Waals surface area (Å²) < 4.78 is 43.4. The van der Waals surface area contributed by atoms with Gasteiger partial charge in [-0.1, -0.05) is 36.4 Å². The lowest BCUT2D eigenvalue weighted by atomic mass is 10.1. The van der Waals surface area contributed by atoms with Crippen molar-refractivity contribution in [2.75, 3.05) is 32.1 Å². The van der Waals surface area contributed by atoms with Crippen LogP contribution in [0.3, 0.4) is 0 Å².